The molecule has 5 heteroatoms. The predicted octanol–water partition coefficient (Wildman–Crippen LogP) is 16.6. The number of benzene rings is 12. The Labute approximate surface area is 452 Å². The van der Waals surface area contributed by atoms with Crippen LogP contribution in [0.3, 0.4) is 0 Å². The Hall–Kier alpha value is -9.94. The molecule has 0 fully saturated rings. The van der Waals surface area contributed by atoms with E-state index in [1.807, 2.05) is 18.2 Å². The van der Waals surface area contributed by atoms with E-state index < -0.39 is 8.07 Å². The zero-order valence-electron chi connectivity index (χ0n) is 42.5. The Bertz CT molecular complexity index is 4920. The van der Waals surface area contributed by atoms with Gasteiger partial charge in [0.25, 0.3) is 0 Å². The van der Waals surface area contributed by atoms with E-state index in [0.717, 1.165) is 61.9 Å². The average Bonchev–Trinajstić information content (AvgIpc) is 4.41. The molecule has 0 bridgehead atoms. The third-order valence-corrected chi connectivity index (χ3v) is 21.4. The molecule has 0 saturated heterocycles. The van der Waals surface area contributed by atoms with Crippen LogP contribution in [-0.4, -0.2) is 17.2 Å². The van der Waals surface area contributed by atoms with Gasteiger partial charge in [-0.1, -0.05) is 212 Å². The molecule has 0 aliphatic heterocycles. The van der Waals surface area contributed by atoms with Gasteiger partial charge in [0.2, 0.25) is 0 Å². The molecule has 368 valence electrons. The van der Waals surface area contributed by atoms with Gasteiger partial charge in [-0.25, -0.2) is 0 Å². The summed E-state index contributed by atoms with van der Waals surface area (Å²) in [7, 11) is -2.90. The van der Waals surface area contributed by atoms with Crippen LogP contribution in [0.2, 0.25) is 0 Å². The molecule has 0 saturated carbocycles. The maximum Gasteiger partial charge on any atom is 0.179 e. The van der Waals surface area contributed by atoms with Crippen LogP contribution in [0.5, 0.6) is 0 Å². The SMILES string of the molecule is [2HH].c1ccc([Si](c2ccccc2)(c2ccc(-n3c4ccccc4c4ccc5c6ccccc6oc5c43)cc2)c2cccc(-n3c4ccccc4c4ccccc43)c2)cc1.c1ccc2c(c1)Cc1c-2ccc2c1oc1ccccc12. The second-order valence-corrected chi connectivity index (χ2v) is 24.4. The van der Waals surface area contributed by atoms with E-state index in [2.05, 4.69) is 270 Å². The van der Waals surface area contributed by atoms with Crippen LogP contribution >= 0.6 is 0 Å². The number of hydrogen-bond acceptors (Lipinski definition) is 2. The molecule has 12 aromatic carbocycles. The predicted molar refractivity (Wildman–Crippen MR) is 330 cm³/mol. The zero-order chi connectivity index (χ0) is 51.3. The first-order chi connectivity index (χ1) is 38.7. The van der Waals surface area contributed by atoms with Crippen molar-refractivity contribution in [2.45, 2.75) is 6.42 Å². The average molecular weight is 1020 g/mol. The molecule has 1 aliphatic rings. The highest BCUT2D eigenvalue weighted by Gasteiger charge is 2.42. The minimum atomic E-state index is -2.90. The van der Waals surface area contributed by atoms with Gasteiger partial charge >= 0.3 is 0 Å². The third kappa shape index (κ3) is 6.58. The molecule has 4 aromatic heterocycles. The number of nitrogens with zero attached hydrogens (tertiary/aromatic N) is 2. The highest BCUT2D eigenvalue weighted by Crippen LogP contribution is 2.44. The van der Waals surface area contributed by atoms with Crippen LogP contribution in [0.4, 0.5) is 0 Å². The van der Waals surface area contributed by atoms with Crippen LogP contribution in [0.1, 0.15) is 12.6 Å². The van der Waals surface area contributed by atoms with E-state index in [1.54, 1.807) is 0 Å². The number of furan rings is 2. The Morgan fingerprint density at radius 3 is 1.44 bits per heavy atom. The van der Waals surface area contributed by atoms with Crippen molar-refractivity contribution >= 4 is 116 Å². The summed E-state index contributed by atoms with van der Waals surface area (Å²) in [4.78, 5) is 0. The van der Waals surface area contributed by atoms with Crippen molar-refractivity contribution in [2.75, 3.05) is 0 Å². The molecule has 1 aliphatic carbocycles. The number of aromatic nitrogens is 2. The summed E-state index contributed by atoms with van der Waals surface area (Å²) in [5.74, 6) is 0. The van der Waals surface area contributed by atoms with Crippen LogP contribution in [0.15, 0.2) is 288 Å². The van der Waals surface area contributed by atoms with Gasteiger partial charge in [0.15, 0.2) is 13.7 Å². The number of fused-ring (bicyclic) bond motifs is 17. The molecular weight excluding hydrogens is 965 g/mol. The Balaban J connectivity index is 0.000000215. The van der Waals surface area contributed by atoms with Crippen LogP contribution in [0.25, 0.3) is 110 Å². The van der Waals surface area contributed by atoms with Crippen molar-refractivity contribution in [1.29, 1.82) is 0 Å². The molecular formula is C73H50N2O2Si. The van der Waals surface area contributed by atoms with Crippen molar-refractivity contribution in [3.8, 4) is 22.5 Å². The summed E-state index contributed by atoms with van der Waals surface area (Å²) in [5, 5.41) is 15.0. The van der Waals surface area contributed by atoms with Crippen LogP contribution in [0, 0.1) is 0 Å². The van der Waals surface area contributed by atoms with E-state index in [1.165, 1.54) is 86.4 Å². The molecule has 0 spiro atoms. The normalized spacial score (nSPS) is 12.3. The second-order valence-electron chi connectivity index (χ2n) is 20.6. The largest absolute Gasteiger partial charge is 0.456 e. The van der Waals surface area contributed by atoms with Gasteiger partial charge in [-0.15, -0.1) is 0 Å². The number of rotatable bonds is 6. The molecule has 16 aromatic rings. The van der Waals surface area contributed by atoms with E-state index in [4.69, 9.17) is 8.83 Å². The Kier molecular flexibility index (Phi) is 9.99. The van der Waals surface area contributed by atoms with Crippen LogP contribution in [-0.2, 0) is 6.42 Å². The fourth-order valence-corrected chi connectivity index (χ4v) is 18.0. The third-order valence-electron chi connectivity index (χ3n) is 16.6. The lowest BCUT2D eigenvalue weighted by Crippen LogP contribution is -2.74. The van der Waals surface area contributed by atoms with Gasteiger partial charge < -0.3 is 18.0 Å². The van der Waals surface area contributed by atoms with Gasteiger partial charge in [0.05, 0.1) is 22.1 Å². The molecule has 0 radical (unpaired) electrons. The quantitative estimate of drug-likeness (QED) is 0.123. The second kappa shape index (κ2) is 17.6. The van der Waals surface area contributed by atoms with Crippen molar-refractivity contribution in [3.63, 3.8) is 0 Å². The maximum absolute atomic E-state index is 6.69. The summed E-state index contributed by atoms with van der Waals surface area (Å²) in [5.41, 5.74) is 16.2. The fourth-order valence-electron chi connectivity index (χ4n) is 13.2. The smallest absolute Gasteiger partial charge is 0.179 e. The molecule has 78 heavy (non-hydrogen) atoms. The first kappa shape index (κ1) is 44.4. The minimum Gasteiger partial charge on any atom is -0.456 e. The molecule has 4 nitrogen and oxygen atoms in total. The highest BCUT2D eigenvalue weighted by atomic mass is 28.3. The molecule has 4 heterocycles. The van der Waals surface area contributed by atoms with Crippen molar-refractivity contribution in [2.24, 2.45) is 0 Å². The lowest BCUT2D eigenvalue weighted by molar-refractivity contribution is 0.665. The van der Waals surface area contributed by atoms with Crippen molar-refractivity contribution in [3.05, 3.63) is 290 Å². The first-order valence-electron chi connectivity index (χ1n) is 26.9. The molecule has 17 rings (SSSR count). The van der Waals surface area contributed by atoms with E-state index in [-0.39, 0.29) is 1.43 Å². The monoisotopic (exact) mass is 1020 g/mol. The molecule has 0 amide bonds. The maximum atomic E-state index is 6.69. The number of hydrogen-bond donors (Lipinski definition) is 0. The van der Waals surface area contributed by atoms with Gasteiger partial charge in [-0.2, -0.15) is 0 Å². The summed E-state index contributed by atoms with van der Waals surface area (Å²) in [6.45, 7) is 0. The standard InChI is InChI=1S/C54H36N2OSi.C19H12O.H2/c1-3-17-39(18-4-1)58(40-19-5-2-6-20-40,42-21-15-16-38(36-42)55-49-26-11-7-22-43(49)44-23-8-12-27-50(44)55)41-32-30-37(31-33-41)56-51-28-13-9-24-45(51)47-34-35-48-46-25-10-14-29-52(46)57-54(48)53(47)56;1-2-6-13-12(5-1)11-17-14(13)9-10-16-15-7-3-4-8-18(15)20-19(16)17;/h1-36H;1-10H,11H2;1H/i;;1+1. The Morgan fingerprint density at radius 1 is 0.308 bits per heavy atom. The van der Waals surface area contributed by atoms with Gasteiger partial charge in [0, 0.05) is 67.9 Å². The van der Waals surface area contributed by atoms with Gasteiger partial charge in [-0.3, -0.25) is 0 Å². The van der Waals surface area contributed by atoms with E-state index in [9.17, 15) is 0 Å². The first-order valence-corrected chi connectivity index (χ1v) is 28.9. The lowest BCUT2D eigenvalue weighted by Gasteiger charge is -2.35. The van der Waals surface area contributed by atoms with Gasteiger partial charge in [0.1, 0.15) is 16.7 Å². The summed E-state index contributed by atoms with van der Waals surface area (Å²) in [6.07, 6.45) is 0.975. The topological polar surface area (TPSA) is 36.1 Å². The summed E-state index contributed by atoms with van der Waals surface area (Å²) >= 11 is 0. The minimum absolute atomic E-state index is 0. The van der Waals surface area contributed by atoms with Gasteiger partial charge in [-0.05, 0) is 104 Å². The lowest BCUT2D eigenvalue weighted by atomic mass is 10.0. The molecule has 0 unspecified atom stereocenters. The Morgan fingerprint density at radius 2 is 0.782 bits per heavy atom. The summed E-state index contributed by atoms with van der Waals surface area (Å²) < 4.78 is 17.7. The van der Waals surface area contributed by atoms with E-state index >= 15 is 0 Å². The molecule has 0 N–H and O–H groups in total. The highest BCUT2D eigenvalue weighted by molar-refractivity contribution is 7.19. The summed E-state index contributed by atoms with van der Waals surface area (Å²) in [6, 6.07) is 102. The fraction of sp³-hybridized carbons (Fsp3) is 0.0137. The van der Waals surface area contributed by atoms with Crippen molar-refractivity contribution < 1.29 is 10.3 Å². The molecule has 0 atom stereocenters. The zero-order valence-corrected chi connectivity index (χ0v) is 43.5. The van der Waals surface area contributed by atoms with Crippen LogP contribution < -0.4 is 20.7 Å². The van der Waals surface area contributed by atoms with Crippen molar-refractivity contribution in [1.82, 2.24) is 9.13 Å². The van der Waals surface area contributed by atoms with E-state index in [0.29, 0.717) is 0 Å². The number of para-hydroxylation sites is 5.